The number of methoxy groups -OCH3 is 1. The molecule has 0 spiro atoms. The standard InChI is InChI=1S/C15H24N2O3S.ClH/c1-10-8-11(2)15(14(9-10)20-3)21(18,19)17-13-6-4-12(16)5-7-13;/h8-9,12-13,17H,4-7,16H2,1-3H3;1H. The molecule has 1 aromatic rings. The van der Waals surface area contributed by atoms with Gasteiger partial charge in [0.1, 0.15) is 10.6 Å². The number of nitrogens with one attached hydrogen (secondary N) is 1. The van der Waals surface area contributed by atoms with Crippen molar-refractivity contribution in [3.8, 4) is 5.75 Å². The molecule has 1 fully saturated rings. The predicted molar refractivity (Wildman–Crippen MR) is 90.3 cm³/mol. The summed E-state index contributed by atoms with van der Waals surface area (Å²) >= 11 is 0. The number of halogens is 1. The van der Waals surface area contributed by atoms with E-state index >= 15 is 0 Å². The third-order valence-corrected chi connectivity index (χ3v) is 5.67. The maximum atomic E-state index is 12.7. The molecule has 5 nitrogen and oxygen atoms in total. The molecule has 1 saturated carbocycles. The molecule has 0 heterocycles. The van der Waals surface area contributed by atoms with E-state index in [1.165, 1.54) is 7.11 Å². The molecule has 7 heteroatoms. The molecule has 22 heavy (non-hydrogen) atoms. The van der Waals surface area contributed by atoms with Gasteiger partial charge >= 0.3 is 0 Å². The van der Waals surface area contributed by atoms with Gasteiger partial charge in [-0.25, -0.2) is 13.1 Å². The molecule has 2 rings (SSSR count). The Balaban J connectivity index is 0.00000242. The van der Waals surface area contributed by atoms with Crippen molar-refractivity contribution < 1.29 is 13.2 Å². The first-order chi connectivity index (χ1) is 9.83. The smallest absolute Gasteiger partial charge is 0.244 e. The minimum absolute atomic E-state index is 0. The lowest BCUT2D eigenvalue weighted by atomic mass is 9.93. The highest BCUT2D eigenvalue weighted by Gasteiger charge is 2.27. The highest BCUT2D eigenvalue weighted by Crippen LogP contribution is 2.30. The SMILES string of the molecule is COc1cc(C)cc(C)c1S(=O)(=O)NC1CCC(N)CC1.Cl. The summed E-state index contributed by atoms with van der Waals surface area (Å²) in [6.07, 6.45) is 3.29. The lowest BCUT2D eigenvalue weighted by molar-refractivity contribution is 0.371. The van der Waals surface area contributed by atoms with Crippen LogP contribution in [0.2, 0.25) is 0 Å². The van der Waals surface area contributed by atoms with E-state index in [-0.39, 0.29) is 29.4 Å². The first kappa shape index (κ1) is 19.2. The van der Waals surface area contributed by atoms with Gasteiger partial charge in [-0.05, 0) is 56.7 Å². The van der Waals surface area contributed by atoms with E-state index in [1.54, 1.807) is 13.0 Å². The molecule has 0 aliphatic heterocycles. The highest BCUT2D eigenvalue weighted by atomic mass is 35.5. The van der Waals surface area contributed by atoms with E-state index in [2.05, 4.69) is 4.72 Å². The highest BCUT2D eigenvalue weighted by molar-refractivity contribution is 7.89. The Hall–Kier alpha value is -0.820. The van der Waals surface area contributed by atoms with Crippen molar-refractivity contribution in [2.45, 2.75) is 56.5 Å². The Labute approximate surface area is 139 Å². The average Bonchev–Trinajstić information content (AvgIpc) is 2.39. The first-order valence-corrected chi connectivity index (χ1v) is 8.75. The van der Waals surface area contributed by atoms with E-state index in [9.17, 15) is 8.42 Å². The molecule has 0 radical (unpaired) electrons. The third kappa shape index (κ3) is 4.35. The van der Waals surface area contributed by atoms with Gasteiger partial charge in [-0.1, -0.05) is 6.07 Å². The number of ether oxygens (including phenoxy) is 1. The fourth-order valence-electron chi connectivity index (χ4n) is 2.93. The van der Waals surface area contributed by atoms with Gasteiger partial charge < -0.3 is 10.5 Å². The van der Waals surface area contributed by atoms with E-state index in [0.29, 0.717) is 11.3 Å². The molecule has 126 valence electrons. The summed E-state index contributed by atoms with van der Waals surface area (Å²) in [6, 6.07) is 3.76. The molecule has 3 N–H and O–H groups in total. The number of aryl methyl sites for hydroxylation is 2. The normalized spacial score (nSPS) is 22.0. The number of nitrogens with two attached hydrogens (primary N) is 1. The van der Waals surface area contributed by atoms with Crippen LogP contribution in [0.3, 0.4) is 0 Å². The van der Waals surface area contributed by atoms with Crippen LogP contribution < -0.4 is 15.2 Å². The summed E-state index contributed by atoms with van der Waals surface area (Å²) < 4.78 is 33.4. The van der Waals surface area contributed by atoms with Crippen LogP contribution in [0.4, 0.5) is 0 Å². The molecular weight excluding hydrogens is 324 g/mol. The average molecular weight is 349 g/mol. The Morgan fingerprint density at radius 3 is 2.32 bits per heavy atom. The zero-order valence-corrected chi connectivity index (χ0v) is 14.9. The van der Waals surface area contributed by atoms with Crippen molar-refractivity contribution in [3.63, 3.8) is 0 Å². The summed E-state index contributed by atoms with van der Waals surface area (Å²) in [5.41, 5.74) is 7.54. The van der Waals surface area contributed by atoms with Gasteiger partial charge in [0, 0.05) is 12.1 Å². The zero-order chi connectivity index (χ0) is 15.6. The lowest BCUT2D eigenvalue weighted by Gasteiger charge is -2.27. The molecule has 0 amide bonds. The zero-order valence-electron chi connectivity index (χ0n) is 13.3. The van der Waals surface area contributed by atoms with Gasteiger partial charge in [0.25, 0.3) is 0 Å². The second-order valence-electron chi connectivity index (χ2n) is 5.85. The van der Waals surface area contributed by atoms with Crippen molar-refractivity contribution in [2.24, 2.45) is 5.73 Å². The summed E-state index contributed by atoms with van der Waals surface area (Å²) in [7, 11) is -2.09. The lowest BCUT2D eigenvalue weighted by Crippen LogP contribution is -2.40. The minimum atomic E-state index is -3.58. The summed E-state index contributed by atoms with van der Waals surface area (Å²) in [5.74, 6) is 0.396. The molecule has 0 saturated heterocycles. The van der Waals surface area contributed by atoms with E-state index in [0.717, 1.165) is 31.2 Å². The predicted octanol–water partition coefficient (Wildman–Crippen LogP) is 2.28. The molecule has 0 unspecified atom stereocenters. The summed E-state index contributed by atoms with van der Waals surface area (Å²) in [5, 5.41) is 0. The van der Waals surface area contributed by atoms with Gasteiger partial charge in [-0.15, -0.1) is 12.4 Å². The number of rotatable bonds is 4. The van der Waals surface area contributed by atoms with Crippen molar-refractivity contribution >= 4 is 22.4 Å². The van der Waals surface area contributed by atoms with Crippen LogP contribution in [0.15, 0.2) is 17.0 Å². The summed E-state index contributed by atoms with van der Waals surface area (Å²) in [4.78, 5) is 0.241. The number of hydrogen-bond acceptors (Lipinski definition) is 4. The fourth-order valence-corrected chi connectivity index (χ4v) is 4.61. The van der Waals surface area contributed by atoms with E-state index in [1.807, 2.05) is 13.0 Å². The van der Waals surface area contributed by atoms with Crippen LogP contribution in [0.5, 0.6) is 5.75 Å². The van der Waals surface area contributed by atoms with Crippen molar-refractivity contribution in [3.05, 3.63) is 23.3 Å². The Morgan fingerprint density at radius 2 is 1.77 bits per heavy atom. The fraction of sp³-hybridized carbons (Fsp3) is 0.600. The molecule has 1 aliphatic carbocycles. The molecule has 1 aromatic carbocycles. The Bertz CT molecular complexity index is 611. The topological polar surface area (TPSA) is 81.4 Å². The maximum absolute atomic E-state index is 12.7. The van der Waals surface area contributed by atoms with Crippen molar-refractivity contribution in [1.82, 2.24) is 4.72 Å². The van der Waals surface area contributed by atoms with Gasteiger partial charge in [0.2, 0.25) is 10.0 Å². The van der Waals surface area contributed by atoms with E-state index < -0.39 is 10.0 Å². The largest absolute Gasteiger partial charge is 0.495 e. The Morgan fingerprint density at radius 1 is 1.18 bits per heavy atom. The molecule has 1 aliphatic rings. The quantitative estimate of drug-likeness (QED) is 0.874. The van der Waals surface area contributed by atoms with Crippen LogP contribution in [0.25, 0.3) is 0 Å². The van der Waals surface area contributed by atoms with Crippen LogP contribution in [0, 0.1) is 13.8 Å². The van der Waals surface area contributed by atoms with Crippen molar-refractivity contribution in [1.29, 1.82) is 0 Å². The van der Waals surface area contributed by atoms with Crippen LogP contribution >= 0.6 is 12.4 Å². The minimum Gasteiger partial charge on any atom is -0.495 e. The molecular formula is C15H25ClN2O3S. The van der Waals surface area contributed by atoms with Crippen molar-refractivity contribution in [2.75, 3.05) is 7.11 Å². The van der Waals surface area contributed by atoms with Gasteiger partial charge in [-0.3, -0.25) is 0 Å². The second-order valence-corrected chi connectivity index (χ2v) is 7.50. The van der Waals surface area contributed by atoms with Gasteiger partial charge in [0.15, 0.2) is 0 Å². The molecule has 0 aromatic heterocycles. The van der Waals surface area contributed by atoms with Gasteiger partial charge in [-0.2, -0.15) is 0 Å². The van der Waals surface area contributed by atoms with Crippen LogP contribution in [0.1, 0.15) is 36.8 Å². The maximum Gasteiger partial charge on any atom is 0.244 e. The number of benzene rings is 1. The molecule has 0 bridgehead atoms. The van der Waals surface area contributed by atoms with Gasteiger partial charge in [0.05, 0.1) is 7.11 Å². The van der Waals surface area contributed by atoms with Crippen LogP contribution in [-0.4, -0.2) is 27.6 Å². The Kier molecular flexibility index (Phi) is 6.67. The third-order valence-electron chi connectivity index (χ3n) is 3.97. The second kappa shape index (κ2) is 7.64. The first-order valence-electron chi connectivity index (χ1n) is 7.26. The number of sulfonamides is 1. The summed E-state index contributed by atoms with van der Waals surface area (Å²) in [6.45, 7) is 3.71. The number of hydrogen-bond donors (Lipinski definition) is 2. The van der Waals surface area contributed by atoms with E-state index in [4.69, 9.17) is 10.5 Å². The molecule has 0 atom stereocenters. The monoisotopic (exact) mass is 348 g/mol. The van der Waals surface area contributed by atoms with Crippen LogP contribution in [-0.2, 0) is 10.0 Å².